The van der Waals surface area contributed by atoms with Crippen LogP contribution < -0.4 is 10.2 Å². The van der Waals surface area contributed by atoms with Gasteiger partial charge in [0.2, 0.25) is 10.0 Å². The van der Waals surface area contributed by atoms with Crippen molar-refractivity contribution in [2.75, 3.05) is 17.7 Å². The minimum atomic E-state index is -3.55. The van der Waals surface area contributed by atoms with Crippen molar-refractivity contribution in [3.8, 4) is 6.07 Å². The van der Waals surface area contributed by atoms with Crippen molar-refractivity contribution < 1.29 is 22.4 Å². The smallest absolute Gasteiger partial charge is 0.270 e. The summed E-state index contributed by atoms with van der Waals surface area (Å²) in [6.45, 7) is 1.85. The number of furan rings is 1. The van der Waals surface area contributed by atoms with Crippen LogP contribution in [-0.4, -0.2) is 42.5 Å². The Morgan fingerprint density at radius 1 is 1.22 bits per heavy atom. The zero-order valence-electron chi connectivity index (χ0n) is 17.4. The predicted molar refractivity (Wildman–Crippen MR) is 122 cm³/mol. The summed E-state index contributed by atoms with van der Waals surface area (Å²) in [5, 5.41) is 11.2. The van der Waals surface area contributed by atoms with E-state index in [9.17, 15) is 18.0 Å². The maximum atomic E-state index is 13.0. The lowest BCUT2D eigenvalue weighted by molar-refractivity contribution is -0.122. The first-order chi connectivity index (χ1) is 15.1. The molecule has 32 heavy (non-hydrogen) atoms. The summed E-state index contributed by atoms with van der Waals surface area (Å²) >= 11 is 5.17. The molecule has 11 heteroatoms. The number of hydrogen-bond acceptors (Lipinski definition) is 7. The van der Waals surface area contributed by atoms with Crippen molar-refractivity contribution in [2.45, 2.75) is 19.9 Å². The summed E-state index contributed by atoms with van der Waals surface area (Å²) < 4.78 is 30.6. The van der Waals surface area contributed by atoms with Crippen LogP contribution in [0.2, 0.25) is 0 Å². The molecule has 2 heterocycles. The van der Waals surface area contributed by atoms with E-state index in [2.05, 4.69) is 5.32 Å². The van der Waals surface area contributed by atoms with Crippen LogP contribution in [0.15, 0.2) is 46.4 Å². The number of nitrogens with zero attached hydrogens (tertiary/aromatic N) is 3. The Morgan fingerprint density at radius 3 is 2.53 bits per heavy atom. The van der Waals surface area contributed by atoms with Gasteiger partial charge in [-0.25, -0.2) is 8.42 Å². The average molecular weight is 473 g/mol. The van der Waals surface area contributed by atoms with Crippen LogP contribution in [-0.2, 0) is 26.2 Å². The maximum absolute atomic E-state index is 13.0. The number of carbonyl (C=O) groups excluding carboxylic acids is 2. The second kappa shape index (κ2) is 9.44. The number of benzene rings is 1. The largest absolute Gasteiger partial charge is 0.460 e. The number of carbonyl (C=O) groups is 2. The molecule has 0 bridgehead atoms. The van der Waals surface area contributed by atoms with Crippen LogP contribution in [0.3, 0.4) is 0 Å². The summed E-state index contributed by atoms with van der Waals surface area (Å²) in [4.78, 5) is 26.7. The second-order valence-corrected chi connectivity index (χ2v) is 9.47. The van der Waals surface area contributed by atoms with E-state index in [4.69, 9.17) is 21.9 Å². The molecule has 0 radical (unpaired) electrons. The molecule has 166 valence electrons. The lowest BCUT2D eigenvalue weighted by atomic mass is 10.1. The Labute approximate surface area is 191 Å². The van der Waals surface area contributed by atoms with E-state index in [0.717, 1.165) is 16.1 Å². The van der Waals surface area contributed by atoms with Gasteiger partial charge in [-0.1, -0.05) is 17.7 Å². The fourth-order valence-electron chi connectivity index (χ4n) is 3.00. The van der Waals surface area contributed by atoms with Crippen molar-refractivity contribution >= 4 is 50.9 Å². The highest BCUT2D eigenvalue weighted by Gasteiger charge is 2.34. The third-order valence-corrected chi connectivity index (χ3v) is 6.17. The summed E-state index contributed by atoms with van der Waals surface area (Å²) in [6.07, 6.45) is 2.36. The molecule has 2 aromatic rings. The molecule has 0 unspecified atom stereocenters. The van der Waals surface area contributed by atoms with Crippen molar-refractivity contribution in [3.63, 3.8) is 0 Å². The normalized spacial score (nSPS) is 15.9. The number of rotatable bonds is 7. The number of amides is 2. The third kappa shape index (κ3) is 5.28. The molecule has 3 rings (SSSR count). The van der Waals surface area contributed by atoms with Crippen LogP contribution in [0.5, 0.6) is 0 Å². The molecule has 1 aromatic carbocycles. The summed E-state index contributed by atoms with van der Waals surface area (Å²) in [5.74, 6) is -0.765. The lowest BCUT2D eigenvalue weighted by Gasteiger charge is -2.28. The minimum absolute atomic E-state index is 0.0241. The Balaban J connectivity index is 1.86. The van der Waals surface area contributed by atoms with E-state index in [1.54, 1.807) is 18.2 Å². The number of sulfonamides is 1. The standard InChI is InChI=1S/C21H20N4O5S2/c1-14-4-6-15(7-5-14)25-20(27)18(19(26)23-21(25)31)12-16-8-9-17(30-16)13-24(11-3-10-22)32(2,28)29/h4-9,12H,3,11,13H2,1-2H3,(H,23,26,31)/b18-12+. The monoisotopic (exact) mass is 472 g/mol. The van der Waals surface area contributed by atoms with Gasteiger partial charge < -0.3 is 4.42 Å². The quantitative estimate of drug-likeness (QED) is 0.372. The number of anilines is 1. The molecule has 2 amide bonds. The Morgan fingerprint density at radius 2 is 1.91 bits per heavy atom. The van der Waals surface area contributed by atoms with Crippen LogP contribution in [0.4, 0.5) is 5.69 Å². The molecule has 1 fully saturated rings. The molecule has 0 aliphatic carbocycles. The highest BCUT2D eigenvalue weighted by molar-refractivity contribution is 7.88. The molecule has 0 saturated carbocycles. The first kappa shape index (κ1) is 23.3. The molecule has 1 aliphatic heterocycles. The summed E-state index contributed by atoms with van der Waals surface area (Å²) in [5.41, 5.74) is 1.34. The van der Waals surface area contributed by atoms with Crippen molar-refractivity contribution in [1.29, 1.82) is 5.26 Å². The lowest BCUT2D eigenvalue weighted by Crippen LogP contribution is -2.54. The van der Waals surface area contributed by atoms with E-state index in [1.165, 1.54) is 17.0 Å². The highest BCUT2D eigenvalue weighted by Crippen LogP contribution is 2.23. The molecule has 1 aliphatic rings. The number of nitriles is 1. The zero-order chi connectivity index (χ0) is 23.5. The third-order valence-electron chi connectivity index (χ3n) is 4.64. The number of aryl methyl sites for hydroxylation is 1. The van der Waals surface area contributed by atoms with E-state index >= 15 is 0 Å². The molecule has 0 spiro atoms. The van der Waals surface area contributed by atoms with Gasteiger partial charge in [0, 0.05) is 13.0 Å². The number of hydrogen-bond donors (Lipinski definition) is 1. The Hall–Kier alpha value is -3.33. The molecular weight excluding hydrogens is 452 g/mol. The second-order valence-electron chi connectivity index (χ2n) is 7.10. The Bertz CT molecular complexity index is 1240. The highest BCUT2D eigenvalue weighted by atomic mass is 32.2. The van der Waals surface area contributed by atoms with Gasteiger partial charge >= 0.3 is 0 Å². The molecule has 1 N–H and O–H groups in total. The fourth-order valence-corrected chi connectivity index (χ4v) is 4.06. The predicted octanol–water partition coefficient (Wildman–Crippen LogP) is 2.09. The van der Waals surface area contributed by atoms with Crippen molar-refractivity contribution in [3.05, 3.63) is 59.1 Å². The number of nitrogens with one attached hydrogen (secondary N) is 1. The van der Waals surface area contributed by atoms with E-state index in [-0.39, 0.29) is 36.0 Å². The molecule has 9 nitrogen and oxygen atoms in total. The summed E-state index contributed by atoms with van der Waals surface area (Å²) in [7, 11) is -3.55. The van der Waals surface area contributed by atoms with Gasteiger partial charge in [-0.3, -0.25) is 19.8 Å². The molecule has 1 saturated heterocycles. The van der Waals surface area contributed by atoms with Gasteiger partial charge in [0.15, 0.2) is 5.11 Å². The zero-order valence-corrected chi connectivity index (χ0v) is 19.0. The topological polar surface area (TPSA) is 124 Å². The van der Waals surface area contributed by atoms with Crippen LogP contribution in [0.1, 0.15) is 23.5 Å². The molecule has 1 aromatic heterocycles. The van der Waals surface area contributed by atoms with Crippen LogP contribution in [0.25, 0.3) is 6.08 Å². The van der Waals surface area contributed by atoms with Crippen LogP contribution >= 0.6 is 12.2 Å². The SMILES string of the molecule is Cc1ccc(N2C(=O)/C(=C/c3ccc(CN(CCC#N)S(C)(=O)=O)o3)C(=O)NC2=S)cc1. The maximum Gasteiger partial charge on any atom is 0.270 e. The fraction of sp³-hybridized carbons (Fsp3) is 0.238. The van der Waals surface area contributed by atoms with E-state index in [1.807, 2.05) is 25.1 Å². The van der Waals surface area contributed by atoms with Crippen molar-refractivity contribution in [1.82, 2.24) is 9.62 Å². The van der Waals surface area contributed by atoms with Gasteiger partial charge in [-0.05, 0) is 49.5 Å². The van der Waals surface area contributed by atoms with Gasteiger partial charge in [-0.15, -0.1) is 0 Å². The van der Waals surface area contributed by atoms with E-state index in [0.29, 0.717) is 11.4 Å². The van der Waals surface area contributed by atoms with Crippen LogP contribution in [0, 0.1) is 18.3 Å². The Kier molecular flexibility index (Phi) is 6.88. The van der Waals surface area contributed by atoms with Gasteiger partial charge in [0.05, 0.1) is 24.6 Å². The minimum Gasteiger partial charge on any atom is -0.460 e. The molecule has 0 atom stereocenters. The molecular formula is C21H20N4O5S2. The first-order valence-corrected chi connectivity index (χ1v) is 11.7. The van der Waals surface area contributed by atoms with E-state index < -0.39 is 21.8 Å². The summed E-state index contributed by atoms with van der Waals surface area (Å²) in [6, 6.07) is 12.1. The van der Waals surface area contributed by atoms with Gasteiger partial charge in [0.1, 0.15) is 17.1 Å². The van der Waals surface area contributed by atoms with Crippen molar-refractivity contribution in [2.24, 2.45) is 0 Å². The average Bonchev–Trinajstić information content (AvgIpc) is 3.16. The van der Waals surface area contributed by atoms with Gasteiger partial charge in [0.25, 0.3) is 11.8 Å². The number of thiocarbonyl (C=S) groups is 1. The van der Waals surface area contributed by atoms with Gasteiger partial charge in [-0.2, -0.15) is 9.57 Å². The first-order valence-electron chi connectivity index (χ1n) is 9.49.